The van der Waals surface area contributed by atoms with Crippen molar-refractivity contribution in [2.75, 3.05) is 17.7 Å². The van der Waals surface area contributed by atoms with Crippen LogP contribution in [0.2, 0.25) is 0 Å². The Morgan fingerprint density at radius 1 is 1.10 bits per heavy atom. The molecule has 0 fully saturated rings. The van der Waals surface area contributed by atoms with Crippen molar-refractivity contribution < 1.29 is 14.3 Å². The standard InChI is InChI=1S/C22H21N5O4/c1-12-6-5-9-27-19(12)25-20-15(22(27)30)11-17(26(20)3)21(29)24-16-10-14(23-13(2)28)7-8-18(16)31-4/h5-11H,1-4H3,(H,23,28)(H,24,29). The Morgan fingerprint density at radius 2 is 1.87 bits per heavy atom. The molecule has 2 N–H and O–H groups in total. The van der Waals surface area contributed by atoms with Crippen molar-refractivity contribution in [2.45, 2.75) is 13.8 Å². The third-order valence-corrected chi connectivity index (χ3v) is 5.02. The lowest BCUT2D eigenvalue weighted by atomic mass is 10.2. The first-order valence-corrected chi connectivity index (χ1v) is 9.54. The molecule has 3 heterocycles. The van der Waals surface area contributed by atoms with Crippen LogP contribution in [-0.4, -0.2) is 32.9 Å². The Morgan fingerprint density at radius 3 is 2.58 bits per heavy atom. The number of aryl methyl sites for hydroxylation is 2. The predicted octanol–water partition coefficient (Wildman–Crippen LogP) is 2.71. The van der Waals surface area contributed by atoms with E-state index in [1.54, 1.807) is 42.1 Å². The van der Waals surface area contributed by atoms with Crippen LogP contribution in [0.3, 0.4) is 0 Å². The highest BCUT2D eigenvalue weighted by Gasteiger charge is 2.19. The van der Waals surface area contributed by atoms with Crippen LogP contribution in [0.25, 0.3) is 16.7 Å². The second-order valence-electron chi connectivity index (χ2n) is 7.18. The number of rotatable bonds is 4. The number of aromatic nitrogens is 3. The fraction of sp³-hybridized carbons (Fsp3) is 0.182. The molecular weight excluding hydrogens is 398 g/mol. The molecule has 0 aliphatic heterocycles. The van der Waals surface area contributed by atoms with Crippen LogP contribution in [0, 0.1) is 6.92 Å². The maximum Gasteiger partial charge on any atom is 0.272 e. The summed E-state index contributed by atoms with van der Waals surface area (Å²) in [4.78, 5) is 42.0. The minimum absolute atomic E-state index is 0.231. The van der Waals surface area contributed by atoms with Crippen molar-refractivity contribution in [1.82, 2.24) is 14.0 Å². The average Bonchev–Trinajstić information content (AvgIpc) is 3.06. The third kappa shape index (κ3) is 3.50. The van der Waals surface area contributed by atoms with Gasteiger partial charge in [0.1, 0.15) is 22.7 Å². The molecule has 9 heteroatoms. The molecule has 2 amide bonds. The number of anilines is 2. The summed E-state index contributed by atoms with van der Waals surface area (Å²) >= 11 is 0. The minimum Gasteiger partial charge on any atom is -0.495 e. The van der Waals surface area contributed by atoms with E-state index in [2.05, 4.69) is 15.6 Å². The number of carbonyl (C=O) groups is 2. The number of amides is 2. The lowest BCUT2D eigenvalue weighted by Crippen LogP contribution is -2.17. The summed E-state index contributed by atoms with van der Waals surface area (Å²) in [6.07, 6.45) is 1.65. The highest BCUT2D eigenvalue weighted by molar-refractivity contribution is 6.07. The Kier molecular flexibility index (Phi) is 4.94. The van der Waals surface area contributed by atoms with Gasteiger partial charge in [0.2, 0.25) is 5.91 Å². The van der Waals surface area contributed by atoms with Crippen molar-refractivity contribution in [2.24, 2.45) is 7.05 Å². The van der Waals surface area contributed by atoms with E-state index in [1.807, 2.05) is 13.0 Å². The fourth-order valence-electron chi connectivity index (χ4n) is 3.52. The Bertz CT molecular complexity index is 1420. The average molecular weight is 419 g/mol. The van der Waals surface area contributed by atoms with E-state index in [9.17, 15) is 14.4 Å². The second-order valence-corrected chi connectivity index (χ2v) is 7.18. The minimum atomic E-state index is -0.441. The van der Waals surface area contributed by atoms with Crippen molar-refractivity contribution >= 4 is 39.9 Å². The topological polar surface area (TPSA) is 107 Å². The predicted molar refractivity (Wildman–Crippen MR) is 118 cm³/mol. The number of nitrogens with one attached hydrogen (secondary N) is 2. The van der Waals surface area contributed by atoms with E-state index in [4.69, 9.17) is 4.74 Å². The first kappa shape index (κ1) is 20.1. The number of nitrogens with zero attached hydrogens (tertiary/aromatic N) is 3. The number of fused-ring (bicyclic) bond motifs is 2. The van der Waals surface area contributed by atoms with Crippen LogP contribution < -0.4 is 20.9 Å². The van der Waals surface area contributed by atoms with Crippen LogP contribution in [0.4, 0.5) is 11.4 Å². The summed E-state index contributed by atoms with van der Waals surface area (Å²) in [5.74, 6) is -0.241. The van der Waals surface area contributed by atoms with Crippen LogP contribution in [0.5, 0.6) is 5.75 Å². The molecule has 0 aliphatic rings. The molecule has 3 aromatic heterocycles. The van der Waals surface area contributed by atoms with E-state index < -0.39 is 5.91 Å². The highest BCUT2D eigenvalue weighted by atomic mass is 16.5. The number of ether oxygens (including phenoxy) is 1. The van der Waals surface area contributed by atoms with Crippen LogP contribution in [0.1, 0.15) is 23.0 Å². The summed E-state index contributed by atoms with van der Waals surface area (Å²) in [5.41, 5.74) is 2.73. The number of hydrogen-bond donors (Lipinski definition) is 2. The van der Waals surface area contributed by atoms with Gasteiger partial charge in [-0.3, -0.25) is 18.8 Å². The smallest absolute Gasteiger partial charge is 0.272 e. The van der Waals surface area contributed by atoms with E-state index >= 15 is 0 Å². The number of methoxy groups -OCH3 is 1. The first-order chi connectivity index (χ1) is 14.8. The summed E-state index contributed by atoms with van der Waals surface area (Å²) < 4.78 is 8.37. The Hall–Kier alpha value is -4.14. The van der Waals surface area contributed by atoms with Gasteiger partial charge in [-0.05, 0) is 42.8 Å². The number of benzene rings is 1. The maximum atomic E-state index is 13.1. The zero-order valence-electron chi connectivity index (χ0n) is 17.5. The lowest BCUT2D eigenvalue weighted by molar-refractivity contribution is -0.114. The van der Waals surface area contributed by atoms with Crippen molar-refractivity contribution in [1.29, 1.82) is 0 Å². The molecule has 0 unspecified atom stereocenters. The third-order valence-electron chi connectivity index (χ3n) is 5.02. The molecule has 31 heavy (non-hydrogen) atoms. The monoisotopic (exact) mass is 419 g/mol. The summed E-state index contributed by atoms with van der Waals surface area (Å²) in [6, 6.07) is 10.1. The normalized spacial score (nSPS) is 11.0. The molecule has 9 nitrogen and oxygen atoms in total. The Balaban J connectivity index is 1.78. The summed E-state index contributed by atoms with van der Waals surface area (Å²) in [7, 11) is 3.17. The van der Waals surface area contributed by atoms with Gasteiger partial charge in [-0.1, -0.05) is 6.07 Å². The SMILES string of the molecule is COc1ccc(NC(C)=O)cc1NC(=O)c1cc2c(=O)n3cccc(C)c3nc2n1C. The molecule has 1 aromatic carbocycles. The van der Waals surface area contributed by atoms with Crippen molar-refractivity contribution in [3.8, 4) is 5.75 Å². The maximum absolute atomic E-state index is 13.1. The molecule has 0 atom stereocenters. The fourth-order valence-corrected chi connectivity index (χ4v) is 3.52. The van der Waals surface area contributed by atoms with Crippen molar-refractivity contribution in [3.63, 3.8) is 0 Å². The van der Waals surface area contributed by atoms with E-state index in [0.717, 1.165) is 5.56 Å². The van der Waals surface area contributed by atoms with Crippen LogP contribution >= 0.6 is 0 Å². The molecule has 158 valence electrons. The number of hydrogen-bond acceptors (Lipinski definition) is 5. The number of pyridine rings is 1. The molecular formula is C22H21N5O4. The van der Waals surface area contributed by atoms with Gasteiger partial charge in [0.25, 0.3) is 11.5 Å². The van der Waals surface area contributed by atoms with E-state index in [-0.39, 0.29) is 17.2 Å². The van der Waals surface area contributed by atoms with Gasteiger partial charge in [-0.2, -0.15) is 0 Å². The van der Waals surface area contributed by atoms with Gasteiger partial charge < -0.3 is 19.9 Å². The summed E-state index contributed by atoms with van der Waals surface area (Å²) in [5, 5.41) is 5.80. The molecule has 0 saturated carbocycles. The number of carbonyl (C=O) groups excluding carboxylic acids is 2. The van der Waals surface area contributed by atoms with Gasteiger partial charge in [-0.25, -0.2) is 4.98 Å². The lowest BCUT2D eigenvalue weighted by Gasteiger charge is -2.12. The van der Waals surface area contributed by atoms with Gasteiger partial charge >= 0.3 is 0 Å². The van der Waals surface area contributed by atoms with Crippen molar-refractivity contribution in [3.05, 3.63) is 64.2 Å². The highest BCUT2D eigenvalue weighted by Crippen LogP contribution is 2.29. The molecule has 0 radical (unpaired) electrons. The zero-order valence-corrected chi connectivity index (χ0v) is 17.5. The van der Waals surface area contributed by atoms with Gasteiger partial charge in [0, 0.05) is 25.9 Å². The van der Waals surface area contributed by atoms with Gasteiger partial charge in [0.05, 0.1) is 18.2 Å². The van der Waals surface area contributed by atoms with Crippen LogP contribution in [0.15, 0.2) is 47.4 Å². The quantitative estimate of drug-likeness (QED) is 0.529. The second kappa shape index (κ2) is 7.60. The molecule has 4 aromatic rings. The zero-order chi connectivity index (χ0) is 22.3. The first-order valence-electron chi connectivity index (χ1n) is 9.54. The van der Waals surface area contributed by atoms with Gasteiger partial charge in [-0.15, -0.1) is 0 Å². The Labute approximate surface area is 177 Å². The van der Waals surface area contributed by atoms with Gasteiger partial charge in [0.15, 0.2) is 0 Å². The molecule has 0 bridgehead atoms. The molecule has 0 spiro atoms. The molecule has 4 rings (SSSR count). The van der Waals surface area contributed by atoms with Crippen LogP contribution in [-0.2, 0) is 11.8 Å². The summed E-state index contributed by atoms with van der Waals surface area (Å²) in [6.45, 7) is 3.27. The molecule has 0 saturated heterocycles. The largest absolute Gasteiger partial charge is 0.495 e. The van der Waals surface area contributed by atoms with E-state index in [1.165, 1.54) is 24.5 Å². The molecule has 0 aliphatic carbocycles. The van der Waals surface area contributed by atoms with E-state index in [0.29, 0.717) is 33.8 Å².